The smallest absolute Gasteiger partial charge is 0.252 e. The fourth-order valence-electron chi connectivity index (χ4n) is 30.3. The molecule has 0 bridgehead atoms. The van der Waals surface area contributed by atoms with Gasteiger partial charge in [0.2, 0.25) is 0 Å². The second-order valence-corrected chi connectivity index (χ2v) is 50.2. The number of aryl methyl sites for hydroxylation is 2. The number of nitrogens with zero attached hydrogens (tertiary/aromatic N) is 6. The van der Waals surface area contributed by atoms with E-state index < -0.39 is 0 Å². The molecule has 132 heavy (non-hydrogen) atoms. The van der Waals surface area contributed by atoms with Gasteiger partial charge in [-0.2, -0.15) is 0 Å². The van der Waals surface area contributed by atoms with E-state index in [1.165, 1.54) is 259 Å². The van der Waals surface area contributed by atoms with E-state index in [4.69, 9.17) is 4.42 Å². The molecule has 12 aliphatic rings. The highest BCUT2D eigenvalue weighted by molar-refractivity contribution is 7.25. The minimum absolute atomic E-state index is 0.00216. The summed E-state index contributed by atoms with van der Waals surface area (Å²) in [6.07, 6.45) is 20.0. The van der Waals surface area contributed by atoms with Crippen molar-refractivity contribution < 1.29 is 4.42 Å². The second-order valence-electron chi connectivity index (χ2n) is 49.1. The van der Waals surface area contributed by atoms with Crippen LogP contribution < -0.4 is 62.2 Å². The van der Waals surface area contributed by atoms with E-state index in [1.54, 1.807) is 11.1 Å². The highest BCUT2D eigenvalue weighted by atomic mass is 32.1. The van der Waals surface area contributed by atoms with E-state index in [0.29, 0.717) is 0 Å². The summed E-state index contributed by atoms with van der Waals surface area (Å²) in [5, 5.41) is 5.01. The maximum absolute atomic E-state index is 7.66. The van der Waals surface area contributed by atoms with E-state index in [9.17, 15) is 0 Å². The van der Waals surface area contributed by atoms with Crippen molar-refractivity contribution in [2.45, 2.75) is 320 Å². The molecule has 0 amide bonds. The zero-order valence-corrected chi connectivity index (χ0v) is 83.0. The topological polar surface area (TPSA) is 32.6 Å². The summed E-state index contributed by atoms with van der Waals surface area (Å²) in [5.74, 6) is 0. The molecular formula is C122H130B2N6OS. The number of rotatable bonds is 7. The quantitative estimate of drug-likeness (QED) is 0.147. The molecule has 4 fully saturated rings. The van der Waals surface area contributed by atoms with Crippen LogP contribution in [0.1, 0.15) is 295 Å². The van der Waals surface area contributed by atoms with Gasteiger partial charge in [-0.25, -0.2) is 0 Å². The van der Waals surface area contributed by atoms with Gasteiger partial charge < -0.3 is 33.8 Å². The van der Waals surface area contributed by atoms with Gasteiger partial charge in [0.25, 0.3) is 13.4 Å². The van der Waals surface area contributed by atoms with Crippen LogP contribution in [0.2, 0.25) is 0 Å². The van der Waals surface area contributed by atoms with Gasteiger partial charge in [-0.05, 0) is 306 Å². The van der Waals surface area contributed by atoms with Crippen LogP contribution in [0.3, 0.4) is 0 Å². The molecule has 12 aromatic carbocycles. The number of anilines is 14. The Labute approximate surface area is 788 Å². The standard InChI is InChI=1S/C122H130B2N6OS/c1-72-57-99-106-101(59-72)129-108-89(117(16)51-26-30-55-121(117,129)20)63-77(112(6,7)8)65-93(108)123(106)91-45-41-81(127-95-47-37-75(111(3,4)5)61-87(95)115(14)49-24-28-53-119(115,127)18)67-97(91)125(99)79-39-43-83-86-35-32-33-74(110(86)131-103(83)69-79)71-114(12,13)76-38-48-96-88(62-76)116(15)50-25-29-54-120(116,19)128(96)82-42-46-92-98(68-82)126(80-40-44-85-84-34-22-23-36-104(84)132-105(85)70-80)100-58-73(2)60-102-107(100)124(92)94-66-78(113(9,10)11)64-90-109(94)130(102)122(21)56-31-27-52-118(90,122)17/h22-23,32-48,57-70H,24-31,49-56,71H2,1-21H3. The first kappa shape index (κ1) is 82.3. The number of furan rings is 1. The first-order valence-electron chi connectivity index (χ1n) is 50.7. The predicted octanol–water partition coefficient (Wildman–Crippen LogP) is 29.2. The lowest BCUT2D eigenvalue weighted by Crippen LogP contribution is -2.64. The largest absolute Gasteiger partial charge is 0.456 e. The first-order valence-corrected chi connectivity index (χ1v) is 51.5. The van der Waals surface area contributed by atoms with Crippen LogP contribution in [-0.2, 0) is 49.7 Å². The molecule has 10 heterocycles. The zero-order chi connectivity index (χ0) is 90.9. The van der Waals surface area contributed by atoms with Gasteiger partial charge in [-0.15, -0.1) is 11.3 Å². The number of para-hydroxylation sites is 1. The van der Waals surface area contributed by atoms with E-state index in [0.717, 1.165) is 54.3 Å². The van der Waals surface area contributed by atoms with Crippen molar-refractivity contribution >= 4 is 179 Å². The Hall–Kier alpha value is -10.4. The molecule has 2 aromatic heterocycles. The monoisotopic (exact) mass is 1750 g/mol. The van der Waals surface area contributed by atoms with E-state index in [1.807, 2.05) is 11.3 Å². The molecule has 0 spiro atoms. The Morgan fingerprint density at radius 3 is 1.23 bits per heavy atom. The van der Waals surface area contributed by atoms with Crippen molar-refractivity contribution in [3.8, 4) is 0 Å². The zero-order valence-electron chi connectivity index (χ0n) is 82.2. The third-order valence-corrected chi connectivity index (χ3v) is 39.6. The van der Waals surface area contributed by atoms with Crippen LogP contribution in [0, 0.1) is 13.8 Å². The van der Waals surface area contributed by atoms with Crippen LogP contribution in [0.5, 0.6) is 0 Å². The van der Waals surface area contributed by atoms with Crippen LogP contribution in [0.25, 0.3) is 42.1 Å². The molecule has 7 nitrogen and oxygen atoms in total. The van der Waals surface area contributed by atoms with Gasteiger partial charge in [-0.1, -0.05) is 258 Å². The average Bonchev–Trinajstić information content (AvgIpc) is 1.51. The molecule has 14 aromatic rings. The number of hydrogen-bond acceptors (Lipinski definition) is 8. The molecular weight excluding hydrogens is 1620 g/mol. The summed E-state index contributed by atoms with van der Waals surface area (Å²) in [5.41, 5.74) is 43.8. The Morgan fingerprint density at radius 1 is 0.318 bits per heavy atom. The minimum atomic E-state index is -0.275. The maximum atomic E-state index is 7.66. The summed E-state index contributed by atoms with van der Waals surface area (Å²) < 4.78 is 10.3. The van der Waals surface area contributed by atoms with Crippen molar-refractivity contribution in [3.05, 3.63) is 261 Å². The maximum Gasteiger partial charge on any atom is 0.252 e. The minimum Gasteiger partial charge on any atom is -0.456 e. The molecule has 0 saturated heterocycles. The molecule has 666 valence electrons. The molecule has 4 aliphatic carbocycles. The van der Waals surface area contributed by atoms with Crippen molar-refractivity contribution in [2.75, 3.05) is 29.4 Å². The number of fused-ring (bicyclic) bond motifs is 26. The van der Waals surface area contributed by atoms with E-state index >= 15 is 0 Å². The van der Waals surface area contributed by atoms with Gasteiger partial charge >= 0.3 is 0 Å². The Bertz CT molecular complexity index is 7470. The summed E-state index contributed by atoms with van der Waals surface area (Å²) in [6, 6.07) is 82.7. The Morgan fingerprint density at radius 2 is 0.727 bits per heavy atom. The summed E-state index contributed by atoms with van der Waals surface area (Å²) >= 11 is 1.93. The molecule has 8 aliphatic heterocycles. The van der Waals surface area contributed by atoms with Crippen LogP contribution in [-0.4, -0.2) is 35.6 Å². The average molecular weight is 1750 g/mol. The van der Waals surface area contributed by atoms with Crippen LogP contribution >= 0.6 is 11.3 Å². The van der Waals surface area contributed by atoms with E-state index in [-0.39, 0.29) is 78.9 Å². The SMILES string of the molecule is Cc1cc2c3c(c1)N1c4c(cc(C(C)(C)C)cc4C4(C)CCCCC14C)B3c1ccc(N3c4ccc(C(C)(C)C)cc4C4(C)CCCCC34C)cc1N2c1ccc2c(c1)oc1c(CC(C)(C)c3ccc4c(c3)C3(C)CCCCC3(C)N4c3ccc4c(c3)N(c3ccc5c(c3)sc3ccccc35)c3cc(C)cc5c3B4c3cc(C(C)(C)C)cc4c3N5C3(C)CCCCC43C)cccc12. The highest BCUT2D eigenvalue weighted by Gasteiger charge is 2.66. The van der Waals surface area contributed by atoms with Gasteiger partial charge in [0.15, 0.2) is 0 Å². The van der Waals surface area contributed by atoms with Crippen LogP contribution in [0.4, 0.5) is 79.6 Å². The molecule has 0 N–H and O–H groups in total. The molecule has 10 heteroatoms. The van der Waals surface area contributed by atoms with Gasteiger partial charge in [0.1, 0.15) is 11.2 Å². The summed E-state index contributed by atoms with van der Waals surface area (Å²) in [6.45, 7) is 52.7. The second kappa shape index (κ2) is 26.6. The lowest BCUT2D eigenvalue weighted by molar-refractivity contribution is 0.194. The third kappa shape index (κ3) is 10.4. The molecule has 26 rings (SSSR count). The lowest BCUT2D eigenvalue weighted by atomic mass is 9.33. The predicted molar refractivity (Wildman–Crippen MR) is 565 cm³/mol. The third-order valence-electron chi connectivity index (χ3n) is 38.5. The van der Waals surface area contributed by atoms with Gasteiger partial charge in [-0.3, -0.25) is 0 Å². The number of hydrogen-bond donors (Lipinski definition) is 0. The Kier molecular flexibility index (Phi) is 16.6. The fourth-order valence-corrected chi connectivity index (χ4v) is 31.5. The Balaban J connectivity index is 0.603. The fraction of sp³-hybridized carbons (Fsp3) is 0.410. The molecule has 8 unspecified atom stereocenters. The van der Waals surface area contributed by atoms with Crippen molar-refractivity contribution in [2.24, 2.45) is 0 Å². The van der Waals surface area contributed by atoms with Gasteiger partial charge in [0, 0.05) is 138 Å². The number of thiophene rings is 1. The molecule has 0 radical (unpaired) electrons. The summed E-state index contributed by atoms with van der Waals surface area (Å²) in [7, 11) is 0. The molecule has 8 atom stereocenters. The number of benzene rings is 12. The van der Waals surface area contributed by atoms with E-state index in [2.05, 4.69) is 375 Å². The first-order chi connectivity index (χ1) is 62.8. The van der Waals surface area contributed by atoms with Crippen LogP contribution in [0.15, 0.2) is 205 Å². The lowest BCUT2D eigenvalue weighted by Gasteiger charge is -2.53. The van der Waals surface area contributed by atoms with Crippen molar-refractivity contribution in [3.63, 3.8) is 0 Å². The summed E-state index contributed by atoms with van der Waals surface area (Å²) in [4.78, 5) is 17.0. The van der Waals surface area contributed by atoms with Crippen molar-refractivity contribution in [1.29, 1.82) is 0 Å². The molecule has 4 saturated carbocycles. The highest BCUT2D eigenvalue weighted by Crippen LogP contribution is 2.69. The normalized spacial score (nSPS) is 26.2. The van der Waals surface area contributed by atoms with Gasteiger partial charge in [0.05, 0.1) is 22.2 Å². The van der Waals surface area contributed by atoms with Crippen molar-refractivity contribution in [1.82, 2.24) is 0 Å².